The minimum Gasteiger partial charge on any atom is -0.496 e. The molecular formula is C27H24N4O4. The van der Waals surface area contributed by atoms with E-state index in [0.717, 1.165) is 50.4 Å². The van der Waals surface area contributed by atoms with Crippen molar-refractivity contribution in [2.45, 2.75) is 26.8 Å². The smallest absolute Gasteiger partial charge is 0.335 e. The molecule has 0 amide bonds. The Hall–Kier alpha value is -4.46. The van der Waals surface area contributed by atoms with Gasteiger partial charge in [-0.3, -0.25) is 9.97 Å². The van der Waals surface area contributed by atoms with E-state index in [4.69, 9.17) is 14.2 Å². The summed E-state index contributed by atoms with van der Waals surface area (Å²) in [7, 11) is 1.53. The van der Waals surface area contributed by atoms with Crippen molar-refractivity contribution in [3.63, 3.8) is 0 Å². The predicted octanol–water partition coefficient (Wildman–Crippen LogP) is 5.69. The second-order valence-corrected chi connectivity index (χ2v) is 8.39. The molecule has 4 aromatic heterocycles. The molecule has 1 aromatic carbocycles. The minimum atomic E-state index is -1.01. The summed E-state index contributed by atoms with van der Waals surface area (Å²) in [6.07, 6.45) is 5.61. The third-order valence-corrected chi connectivity index (χ3v) is 6.26. The number of nitrogens with zero attached hydrogens (tertiary/aromatic N) is 4. The number of methoxy groups -OCH3 is 1. The molecule has 0 bridgehead atoms. The number of pyridine rings is 2. The molecule has 8 heteroatoms. The van der Waals surface area contributed by atoms with Crippen LogP contribution in [0, 0.1) is 13.8 Å². The maximum Gasteiger partial charge on any atom is 0.335 e. The van der Waals surface area contributed by atoms with Crippen LogP contribution in [0.2, 0.25) is 0 Å². The Morgan fingerprint density at radius 3 is 2.60 bits per heavy atom. The lowest BCUT2D eigenvalue weighted by Crippen LogP contribution is -2.07. The van der Waals surface area contributed by atoms with E-state index in [1.807, 2.05) is 44.4 Å². The van der Waals surface area contributed by atoms with E-state index in [1.165, 1.54) is 13.2 Å². The van der Waals surface area contributed by atoms with Crippen LogP contribution in [-0.2, 0) is 0 Å². The number of hydrogen-bond donors (Lipinski definition) is 1. The molecule has 1 unspecified atom stereocenters. The van der Waals surface area contributed by atoms with Crippen molar-refractivity contribution >= 4 is 17.0 Å². The minimum absolute atomic E-state index is 0.0848. The summed E-state index contributed by atoms with van der Waals surface area (Å²) in [5.74, 6) is 0.181. The number of carboxylic acid groups (broad SMARTS) is 1. The fraction of sp³-hybridized carbons (Fsp3) is 0.185. The fourth-order valence-corrected chi connectivity index (χ4v) is 4.49. The Morgan fingerprint density at radius 1 is 1.11 bits per heavy atom. The molecule has 0 radical (unpaired) electrons. The van der Waals surface area contributed by atoms with E-state index in [1.54, 1.807) is 18.3 Å². The van der Waals surface area contributed by atoms with Crippen molar-refractivity contribution in [1.29, 1.82) is 0 Å². The van der Waals surface area contributed by atoms with Gasteiger partial charge < -0.3 is 18.9 Å². The molecule has 35 heavy (non-hydrogen) atoms. The summed E-state index contributed by atoms with van der Waals surface area (Å²) < 4.78 is 13.1. The molecule has 0 saturated heterocycles. The number of rotatable bonds is 6. The molecule has 0 fully saturated rings. The lowest BCUT2D eigenvalue weighted by Gasteiger charge is -2.15. The maximum absolute atomic E-state index is 11.5. The van der Waals surface area contributed by atoms with Crippen LogP contribution < -0.4 is 4.74 Å². The van der Waals surface area contributed by atoms with Crippen molar-refractivity contribution in [1.82, 2.24) is 19.7 Å². The van der Waals surface area contributed by atoms with Crippen molar-refractivity contribution in [2.75, 3.05) is 7.11 Å². The first-order valence-electron chi connectivity index (χ1n) is 11.2. The van der Waals surface area contributed by atoms with E-state index in [9.17, 15) is 9.90 Å². The SMILES string of the molecule is COc1cc(C(=O)O)ccc1-c1cn(C(C)c2ccccn2)c2cc(-c3c(C)noc3C)cnc12. The molecule has 1 N–H and O–H groups in total. The summed E-state index contributed by atoms with van der Waals surface area (Å²) in [4.78, 5) is 20.9. The monoisotopic (exact) mass is 468 g/mol. The van der Waals surface area contributed by atoms with Crippen molar-refractivity contribution in [3.8, 4) is 28.0 Å². The predicted molar refractivity (Wildman–Crippen MR) is 132 cm³/mol. The number of carboxylic acids is 1. The topological polar surface area (TPSA) is 103 Å². The van der Waals surface area contributed by atoms with E-state index in [2.05, 4.69) is 27.7 Å². The molecule has 0 saturated carbocycles. The highest BCUT2D eigenvalue weighted by atomic mass is 16.5. The summed E-state index contributed by atoms with van der Waals surface area (Å²) >= 11 is 0. The first-order valence-corrected chi connectivity index (χ1v) is 11.2. The number of benzene rings is 1. The Labute approximate surface area is 201 Å². The molecule has 4 heterocycles. The number of aromatic nitrogens is 4. The Morgan fingerprint density at radius 2 is 1.94 bits per heavy atom. The van der Waals surface area contributed by atoms with Gasteiger partial charge in [0.2, 0.25) is 0 Å². The number of hydrogen-bond acceptors (Lipinski definition) is 6. The fourth-order valence-electron chi connectivity index (χ4n) is 4.49. The van der Waals surface area contributed by atoms with E-state index < -0.39 is 5.97 Å². The molecule has 0 aliphatic carbocycles. The van der Waals surface area contributed by atoms with Crippen LogP contribution in [0.1, 0.15) is 40.5 Å². The summed E-state index contributed by atoms with van der Waals surface area (Å²) in [5, 5.41) is 13.5. The maximum atomic E-state index is 11.5. The van der Waals surface area contributed by atoms with Gasteiger partial charge in [-0.15, -0.1) is 0 Å². The van der Waals surface area contributed by atoms with Crippen LogP contribution in [0.25, 0.3) is 33.3 Å². The zero-order chi connectivity index (χ0) is 24.7. The number of carbonyl (C=O) groups is 1. The van der Waals surface area contributed by atoms with Gasteiger partial charge in [0.25, 0.3) is 0 Å². The standard InChI is InChI=1S/C27H24N4O4/c1-15-25(17(3)35-30-15)19-11-23-26(29-13-19)21(14-31(23)16(2)22-7-5-6-10-28-22)20-9-8-18(27(32)33)12-24(20)34-4/h5-14,16H,1-4H3,(H,32,33). The zero-order valence-electron chi connectivity index (χ0n) is 19.8. The van der Waals surface area contributed by atoms with Gasteiger partial charge in [-0.1, -0.05) is 11.2 Å². The van der Waals surface area contributed by atoms with Crippen molar-refractivity contribution in [2.24, 2.45) is 0 Å². The van der Waals surface area contributed by atoms with Gasteiger partial charge in [-0.05, 0) is 57.2 Å². The number of aryl methyl sites for hydroxylation is 2. The Kier molecular flexibility index (Phi) is 5.56. The van der Waals surface area contributed by atoms with E-state index >= 15 is 0 Å². The molecule has 8 nitrogen and oxygen atoms in total. The van der Waals surface area contributed by atoms with Gasteiger partial charge in [-0.25, -0.2) is 4.79 Å². The lowest BCUT2D eigenvalue weighted by atomic mass is 10.0. The quantitative estimate of drug-likeness (QED) is 0.342. The summed E-state index contributed by atoms with van der Waals surface area (Å²) in [6, 6.07) is 12.7. The zero-order valence-corrected chi connectivity index (χ0v) is 19.8. The molecule has 0 spiro atoms. The van der Waals surface area contributed by atoms with Gasteiger partial charge in [0.15, 0.2) is 0 Å². The van der Waals surface area contributed by atoms with Crippen LogP contribution in [0.3, 0.4) is 0 Å². The Balaban J connectivity index is 1.76. The van der Waals surface area contributed by atoms with Crippen molar-refractivity contribution < 1.29 is 19.2 Å². The van der Waals surface area contributed by atoms with Crippen LogP contribution in [0.15, 0.2) is 65.6 Å². The third kappa shape index (κ3) is 3.82. The second kappa shape index (κ2) is 8.72. The van der Waals surface area contributed by atoms with E-state index in [0.29, 0.717) is 5.75 Å². The molecule has 1 atom stereocenters. The normalized spacial score (nSPS) is 12.1. The average Bonchev–Trinajstić information content (AvgIpc) is 3.42. The number of ether oxygens (including phenoxy) is 1. The van der Waals surface area contributed by atoms with Gasteiger partial charge in [0, 0.05) is 40.8 Å². The first-order chi connectivity index (χ1) is 16.9. The lowest BCUT2D eigenvalue weighted by molar-refractivity contribution is 0.0696. The van der Waals surface area contributed by atoms with Gasteiger partial charge in [0.05, 0.1) is 41.1 Å². The average molecular weight is 469 g/mol. The molecular weight excluding hydrogens is 444 g/mol. The highest BCUT2D eigenvalue weighted by Gasteiger charge is 2.22. The van der Waals surface area contributed by atoms with Crippen LogP contribution >= 0.6 is 0 Å². The van der Waals surface area contributed by atoms with Crippen LogP contribution in [0.4, 0.5) is 0 Å². The highest BCUT2D eigenvalue weighted by molar-refractivity contribution is 5.98. The molecule has 5 aromatic rings. The van der Waals surface area contributed by atoms with E-state index in [-0.39, 0.29) is 11.6 Å². The van der Waals surface area contributed by atoms with Gasteiger partial charge in [0.1, 0.15) is 11.5 Å². The number of fused-ring (bicyclic) bond motifs is 1. The third-order valence-electron chi connectivity index (χ3n) is 6.26. The molecule has 176 valence electrons. The summed E-state index contributed by atoms with van der Waals surface area (Å²) in [6.45, 7) is 5.88. The summed E-state index contributed by atoms with van der Waals surface area (Å²) in [5.41, 5.74) is 6.95. The van der Waals surface area contributed by atoms with Gasteiger partial charge in [-0.2, -0.15) is 0 Å². The number of aromatic carboxylic acids is 1. The van der Waals surface area contributed by atoms with Crippen LogP contribution in [-0.4, -0.2) is 37.9 Å². The van der Waals surface area contributed by atoms with Crippen LogP contribution in [0.5, 0.6) is 5.75 Å². The largest absolute Gasteiger partial charge is 0.496 e. The van der Waals surface area contributed by atoms with Gasteiger partial charge >= 0.3 is 5.97 Å². The highest BCUT2D eigenvalue weighted by Crippen LogP contribution is 2.39. The van der Waals surface area contributed by atoms with Crippen molar-refractivity contribution in [3.05, 3.63) is 83.8 Å². The molecule has 0 aliphatic rings. The molecule has 0 aliphatic heterocycles. The second-order valence-electron chi connectivity index (χ2n) is 8.39. The molecule has 5 rings (SSSR count). The first kappa shape index (κ1) is 22.3. The Bertz CT molecular complexity index is 1530.